The molecule has 1 aromatic heterocycles. The van der Waals surface area contributed by atoms with Crippen molar-refractivity contribution in [3.63, 3.8) is 0 Å². The van der Waals surface area contributed by atoms with Crippen LogP contribution in [0, 0.1) is 0 Å². The van der Waals surface area contributed by atoms with Crippen LogP contribution < -0.4 is 14.8 Å². The second kappa shape index (κ2) is 8.94. The highest BCUT2D eigenvalue weighted by molar-refractivity contribution is 6.11. The van der Waals surface area contributed by atoms with Crippen molar-refractivity contribution in [3.8, 4) is 11.5 Å². The van der Waals surface area contributed by atoms with E-state index < -0.39 is 5.97 Å². The van der Waals surface area contributed by atoms with Gasteiger partial charge in [0, 0.05) is 24.5 Å². The molecule has 9 heteroatoms. The zero-order chi connectivity index (χ0) is 20.1. The van der Waals surface area contributed by atoms with Gasteiger partial charge in [0.2, 0.25) is 5.91 Å². The average Bonchev–Trinajstić information content (AvgIpc) is 3.05. The Kier molecular flexibility index (Phi) is 6.37. The normalized spacial score (nSPS) is 14.7. The Bertz CT molecular complexity index is 857. The summed E-state index contributed by atoms with van der Waals surface area (Å²) in [5.41, 5.74) is 1.18. The molecule has 1 aliphatic heterocycles. The number of amides is 1. The van der Waals surface area contributed by atoms with Gasteiger partial charge in [-0.25, -0.2) is 4.79 Å². The molecule has 0 unspecified atom stereocenters. The molecular formula is C19H25N3O6. The minimum atomic E-state index is -0.543. The van der Waals surface area contributed by atoms with Crippen LogP contribution in [0.2, 0.25) is 0 Å². The van der Waals surface area contributed by atoms with Crippen molar-refractivity contribution in [2.24, 2.45) is 0 Å². The lowest BCUT2D eigenvalue weighted by Gasteiger charge is -2.25. The largest absolute Gasteiger partial charge is 0.493 e. The molecule has 1 saturated heterocycles. The minimum Gasteiger partial charge on any atom is -0.493 e. The van der Waals surface area contributed by atoms with Crippen LogP contribution in [0.15, 0.2) is 12.1 Å². The Morgan fingerprint density at radius 2 is 1.86 bits per heavy atom. The van der Waals surface area contributed by atoms with Crippen LogP contribution in [-0.2, 0) is 14.3 Å². The van der Waals surface area contributed by atoms with E-state index in [2.05, 4.69) is 10.3 Å². The predicted molar refractivity (Wildman–Crippen MR) is 103 cm³/mol. The summed E-state index contributed by atoms with van der Waals surface area (Å²) in [6.45, 7) is 4.75. The van der Waals surface area contributed by atoms with E-state index in [9.17, 15) is 9.59 Å². The summed E-state index contributed by atoms with van der Waals surface area (Å²) in [5.74, 6) is 0.243. The molecule has 0 aliphatic carbocycles. The molecule has 1 fully saturated rings. The average molecular weight is 391 g/mol. The van der Waals surface area contributed by atoms with Crippen molar-refractivity contribution in [2.45, 2.75) is 6.92 Å². The van der Waals surface area contributed by atoms with Crippen LogP contribution in [-0.4, -0.2) is 75.4 Å². The number of hydrogen-bond acceptors (Lipinski definition) is 7. The quantitative estimate of drug-likeness (QED) is 0.692. The van der Waals surface area contributed by atoms with Gasteiger partial charge in [0.05, 0.1) is 51.8 Å². The lowest BCUT2D eigenvalue weighted by molar-refractivity contribution is -0.118. The number of nitrogens with zero attached hydrogens (tertiary/aromatic N) is 1. The van der Waals surface area contributed by atoms with Crippen LogP contribution in [0.25, 0.3) is 10.9 Å². The number of esters is 1. The summed E-state index contributed by atoms with van der Waals surface area (Å²) < 4.78 is 21.1. The van der Waals surface area contributed by atoms with E-state index in [1.165, 1.54) is 14.2 Å². The van der Waals surface area contributed by atoms with E-state index >= 15 is 0 Å². The predicted octanol–water partition coefficient (Wildman–Crippen LogP) is 1.63. The van der Waals surface area contributed by atoms with Gasteiger partial charge in [-0.2, -0.15) is 0 Å². The topological polar surface area (TPSA) is 102 Å². The molecule has 152 valence electrons. The zero-order valence-electron chi connectivity index (χ0n) is 16.3. The first-order valence-corrected chi connectivity index (χ1v) is 9.12. The van der Waals surface area contributed by atoms with Gasteiger partial charge in [0.25, 0.3) is 0 Å². The number of aromatic amines is 1. The lowest BCUT2D eigenvalue weighted by atomic mass is 10.2. The first-order chi connectivity index (χ1) is 13.6. The lowest BCUT2D eigenvalue weighted by Crippen LogP contribution is -2.41. The number of fused-ring (bicyclic) bond motifs is 1. The molecule has 0 atom stereocenters. The summed E-state index contributed by atoms with van der Waals surface area (Å²) in [4.78, 5) is 30.1. The summed E-state index contributed by atoms with van der Waals surface area (Å²) in [5, 5.41) is 3.49. The van der Waals surface area contributed by atoms with Gasteiger partial charge in [-0.15, -0.1) is 0 Å². The Balaban J connectivity index is 1.95. The molecule has 1 amide bonds. The van der Waals surface area contributed by atoms with Crippen molar-refractivity contribution >= 4 is 28.5 Å². The summed E-state index contributed by atoms with van der Waals surface area (Å²) in [6.07, 6.45) is 0. The highest BCUT2D eigenvalue weighted by atomic mass is 16.5. The number of carbonyl (C=O) groups excluding carboxylic acids is 2. The standard InChI is InChI=1S/C19H25N3O6/c1-4-28-19(24)18-17(21-16(23)11-22-5-7-27-8-6-22)12-9-14(25-2)15(26-3)10-13(12)20-18/h9-10,20H,4-8,11H2,1-3H3,(H,21,23). The maximum atomic E-state index is 12.6. The van der Waals surface area contributed by atoms with Crippen molar-refractivity contribution in [2.75, 3.05) is 59.0 Å². The van der Waals surface area contributed by atoms with Crippen molar-refractivity contribution in [1.29, 1.82) is 0 Å². The van der Waals surface area contributed by atoms with E-state index in [0.717, 1.165) is 0 Å². The highest BCUT2D eigenvalue weighted by Crippen LogP contribution is 2.37. The van der Waals surface area contributed by atoms with Crippen LogP contribution >= 0.6 is 0 Å². The van der Waals surface area contributed by atoms with E-state index in [-0.39, 0.29) is 24.8 Å². The van der Waals surface area contributed by atoms with Gasteiger partial charge >= 0.3 is 5.97 Å². The number of morpholine rings is 1. The van der Waals surface area contributed by atoms with Gasteiger partial charge in [-0.3, -0.25) is 9.69 Å². The number of rotatable bonds is 7. The number of aromatic nitrogens is 1. The van der Waals surface area contributed by atoms with Gasteiger partial charge < -0.3 is 29.2 Å². The summed E-state index contributed by atoms with van der Waals surface area (Å²) >= 11 is 0. The maximum Gasteiger partial charge on any atom is 0.356 e. The summed E-state index contributed by atoms with van der Waals surface area (Å²) in [6, 6.07) is 3.44. The van der Waals surface area contributed by atoms with Crippen molar-refractivity contribution in [1.82, 2.24) is 9.88 Å². The Hall–Kier alpha value is -2.78. The van der Waals surface area contributed by atoms with Crippen molar-refractivity contribution in [3.05, 3.63) is 17.8 Å². The smallest absolute Gasteiger partial charge is 0.356 e. The first-order valence-electron chi connectivity index (χ1n) is 9.12. The number of benzene rings is 1. The molecule has 2 N–H and O–H groups in total. The molecule has 0 spiro atoms. The first kappa shape index (κ1) is 20.0. The van der Waals surface area contributed by atoms with E-state index in [1.807, 2.05) is 4.90 Å². The van der Waals surface area contributed by atoms with Crippen LogP contribution in [0.1, 0.15) is 17.4 Å². The molecule has 3 rings (SSSR count). The van der Waals surface area contributed by atoms with Crippen molar-refractivity contribution < 1.29 is 28.5 Å². The minimum absolute atomic E-state index is 0.183. The number of methoxy groups -OCH3 is 2. The SMILES string of the molecule is CCOC(=O)c1[nH]c2cc(OC)c(OC)cc2c1NC(=O)CN1CCOCC1. The Morgan fingerprint density at radius 3 is 2.50 bits per heavy atom. The van der Waals surface area contributed by atoms with Gasteiger partial charge in [0.1, 0.15) is 5.69 Å². The molecule has 1 aromatic carbocycles. The molecule has 1 aliphatic rings. The monoisotopic (exact) mass is 391 g/mol. The fraction of sp³-hybridized carbons (Fsp3) is 0.474. The maximum absolute atomic E-state index is 12.6. The van der Waals surface area contributed by atoms with E-state index in [4.69, 9.17) is 18.9 Å². The molecule has 28 heavy (non-hydrogen) atoms. The van der Waals surface area contributed by atoms with Crippen LogP contribution in [0.5, 0.6) is 11.5 Å². The van der Waals surface area contributed by atoms with E-state index in [1.54, 1.807) is 19.1 Å². The number of ether oxygens (including phenoxy) is 4. The number of nitrogens with one attached hydrogen (secondary N) is 2. The number of carbonyl (C=O) groups is 2. The van der Waals surface area contributed by atoms with Gasteiger partial charge in [-0.05, 0) is 13.0 Å². The third-order valence-electron chi connectivity index (χ3n) is 4.52. The molecule has 2 aromatic rings. The Labute approximate surface area is 162 Å². The number of hydrogen-bond donors (Lipinski definition) is 2. The molecule has 9 nitrogen and oxygen atoms in total. The highest BCUT2D eigenvalue weighted by Gasteiger charge is 2.23. The van der Waals surface area contributed by atoms with Crippen LogP contribution in [0.3, 0.4) is 0 Å². The zero-order valence-corrected chi connectivity index (χ0v) is 16.3. The third kappa shape index (κ3) is 4.20. The fourth-order valence-electron chi connectivity index (χ4n) is 3.15. The van der Waals surface area contributed by atoms with Crippen LogP contribution in [0.4, 0.5) is 5.69 Å². The van der Waals surface area contributed by atoms with Gasteiger partial charge in [-0.1, -0.05) is 0 Å². The molecule has 0 saturated carbocycles. The molecule has 2 heterocycles. The number of anilines is 1. The molecular weight excluding hydrogens is 366 g/mol. The van der Waals surface area contributed by atoms with E-state index in [0.29, 0.717) is 54.4 Å². The summed E-state index contributed by atoms with van der Waals surface area (Å²) in [7, 11) is 3.06. The third-order valence-corrected chi connectivity index (χ3v) is 4.52. The molecule has 0 bridgehead atoms. The fourth-order valence-corrected chi connectivity index (χ4v) is 3.15. The number of H-pyrrole nitrogens is 1. The second-order valence-corrected chi connectivity index (χ2v) is 6.28. The second-order valence-electron chi connectivity index (χ2n) is 6.28. The Morgan fingerprint density at radius 1 is 1.18 bits per heavy atom. The van der Waals surface area contributed by atoms with Gasteiger partial charge in [0.15, 0.2) is 11.5 Å². The molecule has 0 radical (unpaired) electrons.